The molecule has 0 fully saturated rings. The summed E-state index contributed by atoms with van der Waals surface area (Å²) >= 11 is 1.25. The van der Waals surface area contributed by atoms with Gasteiger partial charge < -0.3 is 14.6 Å². The molecule has 1 aliphatic heterocycles. The summed E-state index contributed by atoms with van der Waals surface area (Å²) in [6.07, 6.45) is 0.00771. The molecule has 176 valence electrons. The number of aliphatic hydroxyl groups excluding tert-OH is 1. The topological polar surface area (TPSA) is 89.0 Å². The molecule has 2 aromatic carbocycles. The molecule has 0 saturated heterocycles. The quantitative estimate of drug-likeness (QED) is 0.461. The normalized spacial score (nSPS) is 15.9. The largest absolute Gasteiger partial charge is 0.503 e. The van der Waals surface area contributed by atoms with Gasteiger partial charge in [0.25, 0.3) is 5.91 Å². The molecule has 3 aromatic rings. The van der Waals surface area contributed by atoms with Crippen LogP contribution in [0.1, 0.15) is 45.8 Å². The maximum Gasteiger partial charge on any atom is 0.294 e. The Labute approximate surface area is 202 Å². The van der Waals surface area contributed by atoms with Gasteiger partial charge in [-0.05, 0) is 69.7 Å². The number of ketones is 1. The average molecular weight is 479 g/mol. The second kappa shape index (κ2) is 9.30. The number of aromatic nitrogens is 1. The van der Waals surface area contributed by atoms with Gasteiger partial charge in [0.05, 0.1) is 40.4 Å². The summed E-state index contributed by atoms with van der Waals surface area (Å²) in [6, 6.07) is 13.3. The summed E-state index contributed by atoms with van der Waals surface area (Å²) in [7, 11) is 1.56. The predicted octanol–water partition coefficient (Wildman–Crippen LogP) is 5.34. The van der Waals surface area contributed by atoms with Crippen molar-refractivity contribution in [1.29, 1.82) is 0 Å². The van der Waals surface area contributed by atoms with Crippen LogP contribution in [0, 0.1) is 13.8 Å². The first-order valence-electron chi connectivity index (χ1n) is 10.9. The van der Waals surface area contributed by atoms with E-state index in [1.54, 1.807) is 50.4 Å². The number of hydrogen-bond acceptors (Lipinski definition) is 7. The number of carbonyl (C=O) groups excluding carboxylic acids is 2. The Kier molecular flexibility index (Phi) is 6.43. The molecule has 34 heavy (non-hydrogen) atoms. The highest BCUT2D eigenvalue weighted by molar-refractivity contribution is 7.14. The molecule has 0 aliphatic carbocycles. The first-order valence-corrected chi connectivity index (χ1v) is 11.7. The molecule has 1 unspecified atom stereocenters. The van der Waals surface area contributed by atoms with Gasteiger partial charge in [-0.15, -0.1) is 11.3 Å². The van der Waals surface area contributed by atoms with E-state index >= 15 is 0 Å². The van der Waals surface area contributed by atoms with Crippen LogP contribution in [0.15, 0.2) is 59.9 Å². The number of amides is 1. The molecule has 0 bridgehead atoms. The Morgan fingerprint density at radius 2 is 1.68 bits per heavy atom. The number of nitrogens with zero attached hydrogens (tertiary/aromatic N) is 2. The number of carbonyl (C=O) groups is 2. The number of rotatable bonds is 7. The molecule has 1 atom stereocenters. The molecule has 2 heterocycles. The van der Waals surface area contributed by atoms with Crippen molar-refractivity contribution in [2.75, 3.05) is 12.0 Å². The van der Waals surface area contributed by atoms with Crippen LogP contribution in [-0.4, -0.2) is 35.0 Å². The van der Waals surface area contributed by atoms with Gasteiger partial charge in [0.2, 0.25) is 5.78 Å². The number of benzene rings is 2. The van der Waals surface area contributed by atoms with Crippen molar-refractivity contribution < 1.29 is 24.2 Å². The monoisotopic (exact) mass is 478 g/mol. The van der Waals surface area contributed by atoms with Gasteiger partial charge in [-0.1, -0.05) is 12.1 Å². The van der Waals surface area contributed by atoms with Gasteiger partial charge in [-0.3, -0.25) is 14.5 Å². The van der Waals surface area contributed by atoms with E-state index in [9.17, 15) is 14.7 Å². The Balaban J connectivity index is 1.83. The number of methoxy groups -OCH3 is 1. The van der Waals surface area contributed by atoms with Crippen LogP contribution in [0.25, 0.3) is 0 Å². The summed E-state index contributed by atoms with van der Waals surface area (Å²) in [5.41, 5.74) is 1.81. The number of hydrogen-bond donors (Lipinski definition) is 1. The van der Waals surface area contributed by atoms with E-state index in [1.807, 2.05) is 32.9 Å². The smallest absolute Gasteiger partial charge is 0.294 e. The van der Waals surface area contributed by atoms with Gasteiger partial charge in [-0.25, -0.2) is 4.98 Å². The summed E-state index contributed by atoms with van der Waals surface area (Å²) in [4.78, 5) is 33.1. The second-order valence-electron chi connectivity index (χ2n) is 8.25. The van der Waals surface area contributed by atoms with Crippen molar-refractivity contribution in [2.45, 2.75) is 39.8 Å². The van der Waals surface area contributed by atoms with Gasteiger partial charge in [0, 0.05) is 5.69 Å². The molecule has 0 radical (unpaired) electrons. The Morgan fingerprint density at radius 3 is 2.21 bits per heavy atom. The van der Waals surface area contributed by atoms with Gasteiger partial charge in [0.15, 0.2) is 5.76 Å². The third kappa shape index (κ3) is 4.28. The molecule has 1 amide bonds. The predicted molar refractivity (Wildman–Crippen MR) is 131 cm³/mol. The van der Waals surface area contributed by atoms with Crippen molar-refractivity contribution >= 4 is 28.7 Å². The van der Waals surface area contributed by atoms with Crippen LogP contribution >= 0.6 is 11.3 Å². The zero-order valence-electron chi connectivity index (χ0n) is 19.7. The lowest BCUT2D eigenvalue weighted by molar-refractivity contribution is -0.117. The van der Waals surface area contributed by atoms with E-state index in [0.717, 1.165) is 5.01 Å². The Bertz CT molecular complexity index is 1260. The Morgan fingerprint density at radius 1 is 1.06 bits per heavy atom. The van der Waals surface area contributed by atoms with Crippen LogP contribution in [0.3, 0.4) is 0 Å². The van der Waals surface area contributed by atoms with E-state index in [2.05, 4.69) is 4.98 Å². The first-order chi connectivity index (χ1) is 16.2. The average Bonchev–Trinajstić information content (AvgIpc) is 3.29. The highest BCUT2D eigenvalue weighted by atomic mass is 32.1. The summed E-state index contributed by atoms with van der Waals surface area (Å²) < 4.78 is 11.0. The third-order valence-electron chi connectivity index (χ3n) is 5.48. The van der Waals surface area contributed by atoms with Crippen LogP contribution < -0.4 is 14.4 Å². The van der Waals surface area contributed by atoms with Crippen LogP contribution in [0.5, 0.6) is 11.5 Å². The molecule has 4 rings (SSSR count). The van der Waals surface area contributed by atoms with Crippen molar-refractivity contribution in [3.63, 3.8) is 0 Å². The molecule has 7 nitrogen and oxygen atoms in total. The van der Waals surface area contributed by atoms with Gasteiger partial charge >= 0.3 is 0 Å². The Hall–Kier alpha value is -3.65. The lowest BCUT2D eigenvalue weighted by Gasteiger charge is -2.27. The minimum absolute atomic E-state index is 0.00771. The first kappa shape index (κ1) is 23.5. The van der Waals surface area contributed by atoms with Gasteiger partial charge in [0.1, 0.15) is 11.5 Å². The fourth-order valence-electron chi connectivity index (χ4n) is 4.03. The van der Waals surface area contributed by atoms with E-state index < -0.39 is 23.5 Å². The number of aryl methyl sites for hydroxylation is 2. The number of thiazole rings is 1. The summed E-state index contributed by atoms with van der Waals surface area (Å²) in [5, 5.41) is 11.7. The molecule has 1 aromatic heterocycles. The second-order valence-corrected chi connectivity index (χ2v) is 9.45. The zero-order valence-corrected chi connectivity index (χ0v) is 20.5. The van der Waals surface area contributed by atoms with E-state index in [4.69, 9.17) is 9.47 Å². The lowest BCUT2D eigenvalue weighted by atomic mass is 9.94. The fraction of sp³-hybridized carbons (Fsp3) is 0.269. The third-order valence-corrected chi connectivity index (χ3v) is 6.55. The summed E-state index contributed by atoms with van der Waals surface area (Å²) in [5.74, 6) is -0.295. The van der Waals surface area contributed by atoms with Crippen LogP contribution in [-0.2, 0) is 4.79 Å². The minimum Gasteiger partial charge on any atom is -0.503 e. The molecular formula is C26H26N2O5S. The molecule has 1 N–H and O–H groups in total. The molecular weight excluding hydrogens is 452 g/mol. The van der Waals surface area contributed by atoms with E-state index in [1.165, 1.54) is 16.2 Å². The maximum absolute atomic E-state index is 13.6. The fourth-order valence-corrected chi connectivity index (χ4v) is 4.90. The molecule has 1 aliphatic rings. The van der Waals surface area contributed by atoms with Crippen molar-refractivity contribution in [3.8, 4) is 11.5 Å². The SMILES string of the molecule is COc1ccc(N2C(=O)C(O)=C(C(=O)c3sc(C)nc3C)C2c2ccc(OC(C)C)cc2)cc1. The zero-order chi connectivity index (χ0) is 24.6. The maximum atomic E-state index is 13.6. The molecule has 8 heteroatoms. The highest BCUT2D eigenvalue weighted by Crippen LogP contribution is 2.43. The number of anilines is 1. The highest BCUT2D eigenvalue weighted by Gasteiger charge is 2.45. The van der Waals surface area contributed by atoms with Crippen LogP contribution in [0.4, 0.5) is 5.69 Å². The number of aliphatic hydroxyl groups is 1. The van der Waals surface area contributed by atoms with Crippen molar-refractivity contribution in [1.82, 2.24) is 4.98 Å². The molecule has 0 saturated carbocycles. The molecule has 0 spiro atoms. The van der Waals surface area contributed by atoms with Crippen molar-refractivity contribution in [2.24, 2.45) is 0 Å². The summed E-state index contributed by atoms with van der Waals surface area (Å²) in [6.45, 7) is 7.44. The van der Waals surface area contributed by atoms with Crippen molar-refractivity contribution in [3.05, 3.63) is 81.0 Å². The van der Waals surface area contributed by atoms with E-state index in [0.29, 0.717) is 33.3 Å². The number of Topliss-reactive ketones (excluding diaryl/α,β-unsaturated/α-hetero) is 1. The standard InChI is InChI=1S/C26H26N2O5S/c1-14(2)33-20-10-6-17(7-11-20)22-21(23(29)25-15(3)27-16(4)34-25)24(30)26(31)28(22)18-8-12-19(32-5)13-9-18/h6-14,22,30H,1-5H3. The van der Waals surface area contributed by atoms with Crippen LogP contribution in [0.2, 0.25) is 0 Å². The van der Waals surface area contributed by atoms with E-state index in [-0.39, 0.29) is 11.7 Å². The minimum atomic E-state index is -0.816. The lowest BCUT2D eigenvalue weighted by Crippen LogP contribution is -2.31. The number of ether oxygens (including phenoxy) is 2. The van der Waals surface area contributed by atoms with Gasteiger partial charge in [-0.2, -0.15) is 0 Å².